The Morgan fingerprint density at radius 1 is 1.36 bits per heavy atom. The quantitative estimate of drug-likeness (QED) is 0.849. The summed E-state index contributed by atoms with van der Waals surface area (Å²) in [5, 5.41) is 9.94. The molecule has 0 amide bonds. The lowest BCUT2D eigenvalue weighted by Gasteiger charge is -2.38. The van der Waals surface area contributed by atoms with Crippen LogP contribution in [0.3, 0.4) is 0 Å². The topological polar surface area (TPSA) is 49.8 Å². The van der Waals surface area contributed by atoms with Crippen LogP contribution in [0, 0.1) is 11.7 Å². The Labute approximate surface area is 130 Å². The smallest absolute Gasteiger partial charge is 0.334 e. The number of halogens is 1. The minimum atomic E-state index is -1.03. The largest absolute Gasteiger partial charge is 0.467 e. The Kier molecular flexibility index (Phi) is 5.91. The standard InChI is InChI=1S/C17H24FNO3/c1-3-15(12-4-6-14(18)7-5-12)19-10-8-13(9-11-19)16(20)17(21)22-2/h4-7,13,15-16,20H,3,8-11H2,1-2H3. The number of aliphatic hydroxyl groups is 1. The van der Waals surface area contributed by atoms with E-state index in [0.717, 1.165) is 37.9 Å². The summed E-state index contributed by atoms with van der Waals surface area (Å²) in [4.78, 5) is 13.8. The van der Waals surface area contributed by atoms with E-state index in [1.54, 1.807) is 0 Å². The molecule has 0 aliphatic carbocycles. The Bertz CT molecular complexity index is 483. The average molecular weight is 309 g/mol. The van der Waals surface area contributed by atoms with Crippen molar-refractivity contribution in [1.29, 1.82) is 0 Å². The number of hydrogen-bond acceptors (Lipinski definition) is 4. The molecule has 1 saturated heterocycles. The van der Waals surface area contributed by atoms with Crippen molar-refractivity contribution >= 4 is 5.97 Å². The van der Waals surface area contributed by atoms with Crippen LogP contribution in [-0.2, 0) is 9.53 Å². The fourth-order valence-electron chi connectivity index (χ4n) is 3.25. The third kappa shape index (κ3) is 3.84. The van der Waals surface area contributed by atoms with Gasteiger partial charge in [0.25, 0.3) is 0 Å². The molecule has 122 valence electrons. The summed E-state index contributed by atoms with van der Waals surface area (Å²) in [6.07, 6.45) is 1.43. The van der Waals surface area contributed by atoms with Crippen LogP contribution in [0.5, 0.6) is 0 Å². The van der Waals surface area contributed by atoms with Gasteiger partial charge in [-0.1, -0.05) is 19.1 Å². The van der Waals surface area contributed by atoms with Crippen molar-refractivity contribution in [2.45, 2.75) is 38.3 Å². The second kappa shape index (κ2) is 7.70. The molecule has 1 aromatic carbocycles. The molecule has 22 heavy (non-hydrogen) atoms. The molecule has 4 nitrogen and oxygen atoms in total. The zero-order valence-corrected chi connectivity index (χ0v) is 13.2. The van der Waals surface area contributed by atoms with E-state index < -0.39 is 12.1 Å². The van der Waals surface area contributed by atoms with E-state index >= 15 is 0 Å². The molecule has 2 unspecified atom stereocenters. The normalized spacial score (nSPS) is 19.6. The molecular weight excluding hydrogens is 285 g/mol. The first kappa shape index (κ1) is 16.9. The maximum Gasteiger partial charge on any atom is 0.334 e. The first-order valence-electron chi connectivity index (χ1n) is 7.82. The Morgan fingerprint density at radius 3 is 2.45 bits per heavy atom. The van der Waals surface area contributed by atoms with Gasteiger partial charge in [-0.2, -0.15) is 0 Å². The number of benzene rings is 1. The number of piperidine rings is 1. The van der Waals surface area contributed by atoms with E-state index in [-0.39, 0.29) is 17.8 Å². The van der Waals surface area contributed by atoms with Gasteiger partial charge in [0, 0.05) is 6.04 Å². The summed E-state index contributed by atoms with van der Waals surface area (Å²) in [7, 11) is 1.29. The van der Waals surface area contributed by atoms with Crippen molar-refractivity contribution in [3.05, 3.63) is 35.6 Å². The molecule has 1 heterocycles. The highest BCUT2D eigenvalue weighted by atomic mass is 19.1. The van der Waals surface area contributed by atoms with E-state index in [2.05, 4.69) is 16.6 Å². The first-order chi connectivity index (χ1) is 10.6. The van der Waals surface area contributed by atoms with Crippen molar-refractivity contribution in [3.63, 3.8) is 0 Å². The highest BCUT2D eigenvalue weighted by Crippen LogP contribution is 2.30. The lowest BCUT2D eigenvalue weighted by atomic mass is 9.89. The van der Waals surface area contributed by atoms with E-state index in [4.69, 9.17) is 0 Å². The van der Waals surface area contributed by atoms with Crippen LogP contribution >= 0.6 is 0 Å². The van der Waals surface area contributed by atoms with Crippen LogP contribution in [-0.4, -0.2) is 42.3 Å². The molecule has 1 aliphatic heterocycles. The fourth-order valence-corrected chi connectivity index (χ4v) is 3.25. The molecule has 1 N–H and O–H groups in total. The SMILES string of the molecule is CCC(c1ccc(F)cc1)N1CCC(C(O)C(=O)OC)CC1. The summed E-state index contributed by atoms with van der Waals surface area (Å²) in [6, 6.07) is 6.90. The number of aliphatic hydroxyl groups excluding tert-OH is 1. The van der Waals surface area contributed by atoms with Crippen molar-refractivity contribution in [1.82, 2.24) is 4.90 Å². The number of ether oxygens (including phenoxy) is 1. The minimum absolute atomic E-state index is 0.0468. The van der Waals surface area contributed by atoms with Crippen LogP contribution in [0.2, 0.25) is 0 Å². The molecular formula is C17H24FNO3. The number of methoxy groups -OCH3 is 1. The number of esters is 1. The Balaban J connectivity index is 1.97. The predicted octanol–water partition coefficient (Wildman–Crippen LogP) is 2.52. The van der Waals surface area contributed by atoms with Crippen LogP contribution in [0.15, 0.2) is 24.3 Å². The number of carbonyl (C=O) groups is 1. The first-order valence-corrected chi connectivity index (χ1v) is 7.82. The second-order valence-electron chi connectivity index (χ2n) is 5.82. The molecule has 1 fully saturated rings. The summed E-state index contributed by atoms with van der Waals surface area (Å²) in [6.45, 7) is 3.74. The molecule has 0 saturated carbocycles. The summed E-state index contributed by atoms with van der Waals surface area (Å²) >= 11 is 0. The van der Waals surface area contributed by atoms with E-state index in [9.17, 15) is 14.3 Å². The zero-order chi connectivity index (χ0) is 16.1. The monoisotopic (exact) mass is 309 g/mol. The molecule has 5 heteroatoms. The predicted molar refractivity (Wildman–Crippen MR) is 81.8 cm³/mol. The van der Waals surface area contributed by atoms with Gasteiger partial charge >= 0.3 is 5.97 Å². The Morgan fingerprint density at radius 2 is 1.95 bits per heavy atom. The lowest BCUT2D eigenvalue weighted by Crippen LogP contribution is -2.42. The molecule has 0 bridgehead atoms. The highest BCUT2D eigenvalue weighted by molar-refractivity contribution is 5.74. The van der Waals surface area contributed by atoms with Crippen LogP contribution in [0.4, 0.5) is 4.39 Å². The van der Waals surface area contributed by atoms with Crippen molar-refractivity contribution in [2.75, 3.05) is 20.2 Å². The van der Waals surface area contributed by atoms with Crippen molar-refractivity contribution < 1.29 is 19.0 Å². The van der Waals surface area contributed by atoms with Gasteiger partial charge in [0.2, 0.25) is 0 Å². The third-order valence-corrected chi connectivity index (χ3v) is 4.55. The maximum absolute atomic E-state index is 13.1. The van der Waals surface area contributed by atoms with Gasteiger partial charge < -0.3 is 9.84 Å². The molecule has 0 spiro atoms. The van der Waals surface area contributed by atoms with Crippen LogP contribution < -0.4 is 0 Å². The summed E-state index contributed by atoms with van der Waals surface area (Å²) < 4.78 is 17.7. The van der Waals surface area contributed by atoms with E-state index in [0.29, 0.717) is 0 Å². The minimum Gasteiger partial charge on any atom is -0.467 e. The molecule has 1 aliphatic rings. The molecule has 2 rings (SSSR count). The van der Waals surface area contributed by atoms with E-state index in [1.807, 2.05) is 12.1 Å². The number of carbonyl (C=O) groups excluding carboxylic acids is 1. The van der Waals surface area contributed by atoms with Gasteiger partial charge in [-0.25, -0.2) is 9.18 Å². The third-order valence-electron chi connectivity index (χ3n) is 4.55. The van der Waals surface area contributed by atoms with Crippen molar-refractivity contribution in [3.8, 4) is 0 Å². The molecule has 1 aromatic rings. The van der Waals surface area contributed by atoms with Gasteiger partial charge in [-0.3, -0.25) is 4.90 Å². The van der Waals surface area contributed by atoms with Gasteiger partial charge in [-0.15, -0.1) is 0 Å². The number of likely N-dealkylation sites (tertiary alicyclic amines) is 1. The van der Waals surface area contributed by atoms with Crippen LogP contribution in [0.25, 0.3) is 0 Å². The Hall–Kier alpha value is -1.46. The molecule has 0 radical (unpaired) electrons. The van der Waals surface area contributed by atoms with Gasteiger partial charge in [0.1, 0.15) is 5.82 Å². The average Bonchev–Trinajstić information content (AvgIpc) is 2.56. The highest BCUT2D eigenvalue weighted by Gasteiger charge is 2.32. The molecule has 0 aromatic heterocycles. The van der Waals surface area contributed by atoms with Crippen LogP contribution in [0.1, 0.15) is 37.8 Å². The number of nitrogens with zero attached hydrogens (tertiary/aromatic N) is 1. The van der Waals surface area contributed by atoms with Gasteiger partial charge in [-0.05, 0) is 56.0 Å². The number of hydrogen-bond donors (Lipinski definition) is 1. The lowest BCUT2D eigenvalue weighted by molar-refractivity contribution is -0.154. The summed E-state index contributed by atoms with van der Waals surface area (Å²) in [5.74, 6) is -0.822. The summed E-state index contributed by atoms with van der Waals surface area (Å²) in [5.41, 5.74) is 1.11. The fraction of sp³-hybridized carbons (Fsp3) is 0.588. The van der Waals surface area contributed by atoms with Gasteiger partial charge in [0.05, 0.1) is 7.11 Å². The number of rotatable bonds is 5. The van der Waals surface area contributed by atoms with Gasteiger partial charge in [0.15, 0.2) is 6.10 Å². The molecule has 2 atom stereocenters. The zero-order valence-electron chi connectivity index (χ0n) is 13.2. The maximum atomic E-state index is 13.1. The van der Waals surface area contributed by atoms with Crippen molar-refractivity contribution in [2.24, 2.45) is 5.92 Å². The second-order valence-corrected chi connectivity index (χ2v) is 5.82. The van der Waals surface area contributed by atoms with E-state index in [1.165, 1.54) is 19.2 Å².